The van der Waals surface area contributed by atoms with E-state index in [0.717, 1.165) is 31.5 Å². The normalized spacial score (nSPS) is 18.2. The lowest BCUT2D eigenvalue weighted by atomic mass is 9.94. The van der Waals surface area contributed by atoms with Crippen LogP contribution in [0.1, 0.15) is 29.3 Å². The molecule has 5 heteroatoms. The summed E-state index contributed by atoms with van der Waals surface area (Å²) in [7, 11) is 0. The summed E-state index contributed by atoms with van der Waals surface area (Å²) in [6.45, 7) is 0. The van der Waals surface area contributed by atoms with E-state index in [-0.39, 0.29) is 0 Å². The molecule has 0 saturated heterocycles. The molecule has 19 heavy (non-hydrogen) atoms. The van der Waals surface area contributed by atoms with E-state index in [9.17, 15) is 0 Å². The van der Waals surface area contributed by atoms with Gasteiger partial charge in [-0.15, -0.1) is 11.3 Å². The lowest BCUT2D eigenvalue weighted by Crippen LogP contribution is -2.16. The molecule has 1 aliphatic carbocycles. The number of benzene rings is 1. The average molecular weight is 424 g/mol. The number of anilines is 1. The fraction of sp³-hybridized carbons (Fsp3) is 0.286. The molecule has 1 N–H and O–H groups in total. The van der Waals surface area contributed by atoms with Crippen molar-refractivity contribution in [3.63, 3.8) is 0 Å². The SMILES string of the molecule is Clc1ccc(NC2CCCc3sc(Cl)cc32)c(I)c1. The minimum Gasteiger partial charge on any atom is -0.377 e. The zero-order chi connectivity index (χ0) is 13.4. The summed E-state index contributed by atoms with van der Waals surface area (Å²) < 4.78 is 2.04. The van der Waals surface area contributed by atoms with E-state index in [4.69, 9.17) is 23.2 Å². The van der Waals surface area contributed by atoms with Crippen molar-refractivity contribution >= 4 is 62.8 Å². The first-order valence-corrected chi connectivity index (χ1v) is 8.78. The fourth-order valence-electron chi connectivity index (χ4n) is 2.47. The van der Waals surface area contributed by atoms with Crippen molar-refractivity contribution in [2.45, 2.75) is 25.3 Å². The lowest BCUT2D eigenvalue weighted by molar-refractivity contribution is 0.608. The highest BCUT2D eigenvalue weighted by atomic mass is 127. The van der Waals surface area contributed by atoms with Crippen molar-refractivity contribution in [3.8, 4) is 0 Å². The quantitative estimate of drug-likeness (QED) is 0.571. The molecule has 3 rings (SSSR count). The number of nitrogens with one attached hydrogen (secondary N) is 1. The van der Waals surface area contributed by atoms with Crippen LogP contribution in [0, 0.1) is 3.57 Å². The first-order valence-electron chi connectivity index (χ1n) is 6.13. The summed E-state index contributed by atoms with van der Waals surface area (Å²) in [5.41, 5.74) is 2.51. The Morgan fingerprint density at radius 3 is 2.89 bits per heavy atom. The molecule has 0 bridgehead atoms. The molecule has 0 radical (unpaired) electrons. The second-order valence-electron chi connectivity index (χ2n) is 4.64. The smallest absolute Gasteiger partial charge is 0.0934 e. The standard InChI is InChI=1S/C14H12Cl2INS/c15-8-4-5-12(10(17)6-8)18-11-2-1-3-13-9(11)7-14(16)19-13/h4-7,11,18H,1-3H2. The maximum absolute atomic E-state index is 6.14. The number of fused-ring (bicyclic) bond motifs is 1. The van der Waals surface area contributed by atoms with E-state index in [1.54, 1.807) is 11.3 Å². The predicted molar refractivity (Wildman–Crippen MR) is 92.8 cm³/mol. The summed E-state index contributed by atoms with van der Waals surface area (Å²) >= 11 is 16.2. The van der Waals surface area contributed by atoms with Crippen LogP contribution in [0.5, 0.6) is 0 Å². The van der Waals surface area contributed by atoms with E-state index in [2.05, 4.69) is 34.0 Å². The number of rotatable bonds is 2. The van der Waals surface area contributed by atoms with Crippen LogP contribution in [-0.2, 0) is 6.42 Å². The molecule has 1 aromatic carbocycles. The molecule has 1 unspecified atom stereocenters. The third kappa shape index (κ3) is 3.04. The molecule has 1 atom stereocenters. The molecule has 0 spiro atoms. The zero-order valence-electron chi connectivity index (χ0n) is 10.1. The molecule has 0 aliphatic heterocycles. The van der Waals surface area contributed by atoms with Crippen molar-refractivity contribution < 1.29 is 0 Å². The van der Waals surface area contributed by atoms with Crippen molar-refractivity contribution in [2.24, 2.45) is 0 Å². The van der Waals surface area contributed by atoms with E-state index in [1.165, 1.54) is 16.9 Å². The molecule has 1 aliphatic rings. The molecule has 0 fully saturated rings. The Morgan fingerprint density at radius 1 is 1.26 bits per heavy atom. The number of aryl methyl sites for hydroxylation is 1. The highest BCUT2D eigenvalue weighted by molar-refractivity contribution is 14.1. The fourth-order valence-corrected chi connectivity index (χ4v) is 4.88. The minimum absolute atomic E-state index is 0.363. The molecule has 1 aromatic heterocycles. The summed E-state index contributed by atoms with van der Waals surface area (Å²) in [4.78, 5) is 1.43. The van der Waals surface area contributed by atoms with Crippen molar-refractivity contribution in [2.75, 3.05) is 5.32 Å². The number of halogens is 3. The van der Waals surface area contributed by atoms with Crippen LogP contribution in [0.15, 0.2) is 24.3 Å². The van der Waals surface area contributed by atoms with E-state index in [0.29, 0.717) is 6.04 Å². The van der Waals surface area contributed by atoms with Crippen molar-refractivity contribution in [3.05, 3.63) is 47.6 Å². The average Bonchev–Trinajstić information content (AvgIpc) is 2.74. The van der Waals surface area contributed by atoms with Gasteiger partial charge in [0.25, 0.3) is 0 Å². The van der Waals surface area contributed by atoms with Crippen LogP contribution in [0.4, 0.5) is 5.69 Å². The Labute approximate surface area is 140 Å². The molecule has 0 amide bonds. The van der Waals surface area contributed by atoms with Crippen LogP contribution < -0.4 is 5.32 Å². The van der Waals surface area contributed by atoms with Gasteiger partial charge in [-0.2, -0.15) is 0 Å². The Morgan fingerprint density at radius 2 is 2.11 bits per heavy atom. The molecule has 0 saturated carbocycles. The minimum atomic E-state index is 0.363. The van der Waals surface area contributed by atoms with Gasteiger partial charge < -0.3 is 5.32 Å². The van der Waals surface area contributed by atoms with Gasteiger partial charge in [0.15, 0.2) is 0 Å². The lowest BCUT2D eigenvalue weighted by Gasteiger charge is -2.25. The van der Waals surface area contributed by atoms with E-state index in [1.807, 2.05) is 18.2 Å². The van der Waals surface area contributed by atoms with Crippen LogP contribution in [0.2, 0.25) is 9.36 Å². The number of hydrogen-bond acceptors (Lipinski definition) is 2. The zero-order valence-corrected chi connectivity index (χ0v) is 14.5. The van der Waals surface area contributed by atoms with Gasteiger partial charge in [0, 0.05) is 19.2 Å². The van der Waals surface area contributed by atoms with Crippen LogP contribution >= 0.6 is 57.1 Å². The third-order valence-electron chi connectivity index (χ3n) is 3.34. The van der Waals surface area contributed by atoms with Gasteiger partial charge in [-0.05, 0) is 71.7 Å². The summed E-state index contributed by atoms with van der Waals surface area (Å²) in [5, 5.41) is 4.40. The van der Waals surface area contributed by atoms with Crippen LogP contribution in [0.3, 0.4) is 0 Å². The van der Waals surface area contributed by atoms with Gasteiger partial charge in [0.2, 0.25) is 0 Å². The van der Waals surface area contributed by atoms with Crippen LogP contribution in [0.25, 0.3) is 0 Å². The van der Waals surface area contributed by atoms with Gasteiger partial charge in [-0.1, -0.05) is 23.2 Å². The first kappa shape index (κ1) is 14.0. The molecule has 1 nitrogen and oxygen atoms in total. The van der Waals surface area contributed by atoms with Crippen molar-refractivity contribution in [1.82, 2.24) is 0 Å². The van der Waals surface area contributed by atoms with Gasteiger partial charge in [0.1, 0.15) is 0 Å². The molecule has 2 aromatic rings. The first-order chi connectivity index (χ1) is 9.13. The number of hydrogen-bond donors (Lipinski definition) is 1. The highest BCUT2D eigenvalue weighted by Crippen LogP contribution is 2.40. The highest BCUT2D eigenvalue weighted by Gasteiger charge is 2.23. The monoisotopic (exact) mass is 423 g/mol. The van der Waals surface area contributed by atoms with E-state index < -0.39 is 0 Å². The Bertz CT molecular complexity index is 611. The second kappa shape index (κ2) is 5.80. The molecular weight excluding hydrogens is 412 g/mol. The summed E-state index contributed by atoms with van der Waals surface area (Å²) in [6, 6.07) is 8.43. The summed E-state index contributed by atoms with van der Waals surface area (Å²) in [6.07, 6.45) is 3.52. The third-order valence-corrected chi connectivity index (χ3v) is 5.81. The van der Waals surface area contributed by atoms with Crippen molar-refractivity contribution in [1.29, 1.82) is 0 Å². The molecule has 1 heterocycles. The van der Waals surface area contributed by atoms with Gasteiger partial charge in [0.05, 0.1) is 10.4 Å². The topological polar surface area (TPSA) is 12.0 Å². The predicted octanol–water partition coefficient (Wildman–Crippen LogP) is 6.15. The Kier molecular flexibility index (Phi) is 4.27. The van der Waals surface area contributed by atoms with Gasteiger partial charge >= 0.3 is 0 Å². The van der Waals surface area contributed by atoms with Gasteiger partial charge in [-0.3, -0.25) is 0 Å². The molecular formula is C14H12Cl2INS. The second-order valence-corrected chi connectivity index (χ2v) is 8.01. The largest absolute Gasteiger partial charge is 0.377 e. The number of thiophene rings is 1. The maximum Gasteiger partial charge on any atom is 0.0934 e. The summed E-state index contributed by atoms with van der Waals surface area (Å²) in [5.74, 6) is 0. The maximum atomic E-state index is 6.14. The Hall–Kier alpha value is 0.0300. The Balaban J connectivity index is 1.88. The van der Waals surface area contributed by atoms with Gasteiger partial charge in [-0.25, -0.2) is 0 Å². The molecule has 100 valence electrons. The van der Waals surface area contributed by atoms with E-state index >= 15 is 0 Å². The van der Waals surface area contributed by atoms with Crippen LogP contribution in [-0.4, -0.2) is 0 Å².